The number of nitriles is 3. The Labute approximate surface area is 189 Å². The molecule has 0 unspecified atom stereocenters. The fourth-order valence-electron chi connectivity index (χ4n) is 4.89. The third-order valence-corrected chi connectivity index (χ3v) is 6.21. The van der Waals surface area contributed by atoms with Gasteiger partial charge in [-0.2, -0.15) is 15.8 Å². The second-order valence-electron chi connectivity index (χ2n) is 8.00. The summed E-state index contributed by atoms with van der Waals surface area (Å²) in [5.74, 6) is 0.396. The quantitative estimate of drug-likeness (QED) is 0.700. The minimum atomic E-state index is -1.68. The molecule has 0 saturated carbocycles. The first-order chi connectivity index (χ1) is 15.5. The summed E-state index contributed by atoms with van der Waals surface area (Å²) < 4.78 is 11.6. The molecule has 7 nitrogen and oxygen atoms in total. The van der Waals surface area contributed by atoms with Crippen molar-refractivity contribution in [1.82, 2.24) is 4.90 Å². The summed E-state index contributed by atoms with van der Waals surface area (Å²) in [6, 6.07) is 12.1. The van der Waals surface area contributed by atoms with Crippen molar-refractivity contribution in [2.75, 3.05) is 32.8 Å². The Morgan fingerprint density at radius 3 is 2.44 bits per heavy atom. The van der Waals surface area contributed by atoms with Gasteiger partial charge in [0.05, 0.1) is 36.6 Å². The number of benzene rings is 1. The minimum Gasteiger partial charge on any atom is -0.494 e. The zero-order chi connectivity index (χ0) is 23.3. The van der Waals surface area contributed by atoms with Crippen LogP contribution in [-0.2, 0) is 0 Å². The molecule has 0 aromatic heterocycles. The van der Waals surface area contributed by atoms with Crippen LogP contribution in [0.4, 0.5) is 0 Å². The van der Waals surface area contributed by atoms with Crippen molar-refractivity contribution in [3.05, 3.63) is 46.7 Å². The molecule has 0 amide bonds. The Hall–Kier alpha value is -3.47. The lowest BCUT2D eigenvalue weighted by Gasteiger charge is -2.45. The Bertz CT molecular complexity index is 1040. The molecule has 2 atom stereocenters. The van der Waals surface area contributed by atoms with Gasteiger partial charge in [0.1, 0.15) is 17.6 Å². The molecule has 1 heterocycles. The maximum absolute atomic E-state index is 10.3. The van der Waals surface area contributed by atoms with Gasteiger partial charge in [0.15, 0.2) is 5.41 Å². The summed E-state index contributed by atoms with van der Waals surface area (Å²) in [7, 11) is 0. The lowest BCUT2D eigenvalue weighted by Crippen LogP contribution is -2.48. The first-order valence-corrected chi connectivity index (χ1v) is 11.1. The number of fused-ring (bicyclic) bond motifs is 1. The van der Waals surface area contributed by atoms with E-state index in [0.29, 0.717) is 37.8 Å². The van der Waals surface area contributed by atoms with Gasteiger partial charge >= 0.3 is 0 Å². The predicted molar refractivity (Wildman–Crippen MR) is 120 cm³/mol. The monoisotopic (exact) mass is 431 g/mol. The zero-order valence-electron chi connectivity index (χ0n) is 18.9. The Kier molecular flexibility index (Phi) is 7.08. The Balaban J connectivity index is 2.28. The highest BCUT2D eigenvalue weighted by Gasteiger charge is 2.55. The van der Waals surface area contributed by atoms with Gasteiger partial charge in [-0.3, -0.25) is 4.90 Å². The topological polar surface area (TPSA) is 119 Å². The van der Waals surface area contributed by atoms with Gasteiger partial charge < -0.3 is 15.2 Å². The maximum atomic E-state index is 10.3. The highest BCUT2D eigenvalue weighted by molar-refractivity contribution is 5.61. The summed E-state index contributed by atoms with van der Waals surface area (Å²) in [4.78, 5) is 2.28. The van der Waals surface area contributed by atoms with Crippen LogP contribution in [0.5, 0.6) is 11.5 Å². The van der Waals surface area contributed by atoms with Crippen molar-refractivity contribution >= 4 is 0 Å². The fourth-order valence-corrected chi connectivity index (χ4v) is 4.89. The van der Waals surface area contributed by atoms with Crippen LogP contribution in [0.25, 0.3) is 0 Å². The van der Waals surface area contributed by atoms with E-state index in [1.807, 2.05) is 32.1 Å². The molecule has 0 radical (unpaired) electrons. The summed E-state index contributed by atoms with van der Waals surface area (Å²) in [5.41, 5.74) is 6.57. The van der Waals surface area contributed by atoms with Crippen molar-refractivity contribution in [2.24, 2.45) is 17.1 Å². The average Bonchev–Trinajstić information content (AvgIpc) is 2.80. The molecule has 1 aromatic rings. The van der Waals surface area contributed by atoms with Gasteiger partial charge in [0.25, 0.3) is 0 Å². The Morgan fingerprint density at radius 1 is 1.12 bits per heavy atom. The smallest absolute Gasteiger partial charge is 0.191 e. The van der Waals surface area contributed by atoms with Gasteiger partial charge in [-0.15, -0.1) is 0 Å². The first-order valence-electron chi connectivity index (χ1n) is 11.1. The van der Waals surface area contributed by atoms with Gasteiger partial charge in [0, 0.05) is 36.6 Å². The van der Waals surface area contributed by atoms with Crippen molar-refractivity contribution in [2.45, 2.75) is 33.1 Å². The van der Waals surface area contributed by atoms with Crippen LogP contribution in [0.1, 0.15) is 38.7 Å². The van der Waals surface area contributed by atoms with Crippen LogP contribution in [0.15, 0.2) is 41.1 Å². The van der Waals surface area contributed by atoms with E-state index in [2.05, 4.69) is 30.0 Å². The van der Waals surface area contributed by atoms with Crippen LogP contribution < -0.4 is 15.2 Å². The zero-order valence-corrected chi connectivity index (χ0v) is 18.9. The van der Waals surface area contributed by atoms with Crippen molar-refractivity contribution in [1.29, 1.82) is 15.8 Å². The normalized spacial score (nSPS) is 22.1. The number of allylic oxidation sites excluding steroid dienone is 2. The van der Waals surface area contributed by atoms with Crippen molar-refractivity contribution < 1.29 is 9.47 Å². The van der Waals surface area contributed by atoms with Crippen LogP contribution >= 0.6 is 0 Å². The van der Waals surface area contributed by atoms with Gasteiger partial charge in [-0.25, -0.2) is 0 Å². The van der Waals surface area contributed by atoms with Crippen LogP contribution in [0.2, 0.25) is 0 Å². The van der Waals surface area contributed by atoms with E-state index in [0.717, 1.165) is 24.1 Å². The predicted octanol–water partition coefficient (Wildman–Crippen LogP) is 3.62. The lowest BCUT2D eigenvalue weighted by atomic mass is 9.58. The molecule has 3 rings (SSSR count). The lowest BCUT2D eigenvalue weighted by molar-refractivity contribution is 0.204. The molecular formula is C25H29N5O2. The van der Waals surface area contributed by atoms with E-state index in [-0.39, 0.29) is 17.2 Å². The van der Waals surface area contributed by atoms with Gasteiger partial charge in [-0.1, -0.05) is 19.1 Å². The van der Waals surface area contributed by atoms with Crippen molar-refractivity contribution in [3.63, 3.8) is 0 Å². The fraction of sp³-hybridized carbons (Fsp3) is 0.480. The van der Waals surface area contributed by atoms with E-state index in [4.69, 9.17) is 15.2 Å². The Morgan fingerprint density at radius 2 is 1.84 bits per heavy atom. The average molecular weight is 432 g/mol. The molecular weight excluding hydrogens is 402 g/mol. The molecule has 2 N–H and O–H groups in total. The minimum absolute atomic E-state index is 0.0257. The van der Waals surface area contributed by atoms with Gasteiger partial charge in [-0.05, 0) is 38.5 Å². The number of nitrogens with two attached hydrogens (primary N) is 1. The molecule has 1 aliphatic carbocycles. The molecule has 0 fully saturated rings. The maximum Gasteiger partial charge on any atom is 0.191 e. The first kappa shape index (κ1) is 23.2. The summed E-state index contributed by atoms with van der Waals surface area (Å²) in [6.07, 6.45) is 3.01. The van der Waals surface area contributed by atoms with Crippen LogP contribution in [0, 0.1) is 45.3 Å². The number of hydrogen-bond donors (Lipinski definition) is 1. The highest BCUT2D eigenvalue weighted by Crippen LogP contribution is 2.56. The molecule has 0 spiro atoms. The van der Waals surface area contributed by atoms with Crippen molar-refractivity contribution in [3.8, 4) is 29.7 Å². The van der Waals surface area contributed by atoms with E-state index < -0.39 is 11.3 Å². The highest BCUT2D eigenvalue weighted by atomic mass is 16.5. The van der Waals surface area contributed by atoms with Crippen LogP contribution in [0.3, 0.4) is 0 Å². The molecule has 0 saturated heterocycles. The molecule has 1 aromatic carbocycles. The third kappa shape index (κ3) is 3.79. The summed E-state index contributed by atoms with van der Waals surface area (Å²) >= 11 is 0. The molecule has 2 aliphatic rings. The molecule has 0 bridgehead atoms. The molecule has 1 aliphatic heterocycles. The molecule has 166 valence electrons. The molecule has 32 heavy (non-hydrogen) atoms. The number of hydrogen-bond acceptors (Lipinski definition) is 7. The summed E-state index contributed by atoms with van der Waals surface area (Å²) in [5, 5.41) is 30.4. The number of nitrogens with zero attached hydrogens (tertiary/aromatic N) is 4. The number of rotatable bonds is 7. The van der Waals surface area contributed by atoms with Crippen LogP contribution in [-0.4, -0.2) is 37.7 Å². The molecule has 7 heteroatoms. The van der Waals surface area contributed by atoms with E-state index in [9.17, 15) is 15.8 Å². The second kappa shape index (κ2) is 9.77. The summed E-state index contributed by atoms with van der Waals surface area (Å²) in [6.45, 7) is 9.07. The van der Waals surface area contributed by atoms with E-state index >= 15 is 0 Å². The largest absolute Gasteiger partial charge is 0.494 e. The third-order valence-electron chi connectivity index (χ3n) is 6.21. The van der Waals surface area contributed by atoms with E-state index in [1.54, 1.807) is 6.07 Å². The second-order valence-corrected chi connectivity index (χ2v) is 8.00. The SMILES string of the molecule is CCCN1CC=C2C(C#N)=C(N)C(C#N)(C#N)[C@@H](c3ccc(OCC)cc3OCC)[C@@H]2C1. The number of ether oxygens (including phenoxy) is 2. The van der Waals surface area contributed by atoms with E-state index in [1.165, 1.54) is 0 Å². The standard InChI is InChI=1S/C25H29N5O2/c1-4-10-30-11-9-18-20(13-26)24(29)25(15-27,16-28)23(21(18)14-30)19-8-7-17(31-5-2)12-22(19)32-6-3/h7-9,12,21,23H,4-6,10-11,14,29H2,1-3H3/t21-,23+/m1/s1. The van der Waals surface area contributed by atoms with Gasteiger partial charge in [0.2, 0.25) is 0 Å².